The van der Waals surface area contributed by atoms with Crippen molar-refractivity contribution in [3.8, 4) is 5.75 Å². The number of carboxylic acid groups (broad SMARTS) is 1. The lowest BCUT2D eigenvalue weighted by Crippen LogP contribution is -2.61. The highest BCUT2D eigenvalue weighted by molar-refractivity contribution is 8.77. The molecule has 2 aliphatic heterocycles. The molecule has 3 rings (SSSR count). The lowest BCUT2D eigenvalue weighted by Gasteiger charge is -2.29. The number of carbonyl (C=O) groups excluding carboxylic acids is 10. The third-order valence-electron chi connectivity index (χ3n) is 11.5. The number of phenolic OH excluding ortho intramolecular Hbond substituents is 1. The average Bonchev–Trinajstić information content (AvgIpc) is 3.35. The Morgan fingerprint density at radius 1 is 0.587 bits per heavy atom. The lowest BCUT2D eigenvalue weighted by atomic mass is 10.0. The molecule has 0 bridgehead atoms. The Morgan fingerprint density at radius 3 is 1.47 bits per heavy atom. The number of hydrogen-bond donors (Lipinski definition) is 15. The maximum Gasteiger partial charge on any atom is 0.327 e. The van der Waals surface area contributed by atoms with E-state index in [9.17, 15) is 63.0 Å². The van der Waals surface area contributed by atoms with Crippen LogP contribution in [0.5, 0.6) is 5.75 Å². The summed E-state index contributed by atoms with van der Waals surface area (Å²) in [4.78, 5) is 148. The monoisotopic (exact) mass is 1130 g/mol. The zero-order valence-electron chi connectivity index (χ0n) is 41.6. The van der Waals surface area contributed by atoms with E-state index in [1.165, 1.54) is 31.2 Å². The number of carboxylic acids is 1. The number of carbonyl (C=O) groups is 11. The Hall–Kier alpha value is -5.53. The fraction of sp³-hybridized carbons (Fsp3) is 0.622. The number of aromatic hydroxyl groups is 1. The minimum absolute atomic E-state index is 0.00109. The molecule has 1 aromatic rings. The van der Waals surface area contributed by atoms with E-state index in [0.29, 0.717) is 50.6 Å². The van der Waals surface area contributed by atoms with Crippen molar-refractivity contribution in [3.63, 3.8) is 0 Å². The number of unbranched alkanes of at least 4 members (excludes halogenated alkanes) is 3. The summed E-state index contributed by atoms with van der Waals surface area (Å²) in [5.74, 6) is -10.5. The lowest BCUT2D eigenvalue weighted by molar-refractivity contribution is -0.141. The van der Waals surface area contributed by atoms with Gasteiger partial charge in [0.2, 0.25) is 59.1 Å². The van der Waals surface area contributed by atoms with Crippen LogP contribution in [0.4, 0.5) is 0 Å². The Morgan fingerprint density at radius 2 is 1.00 bits per heavy atom. The van der Waals surface area contributed by atoms with Crippen LogP contribution in [0.2, 0.25) is 0 Å². The summed E-state index contributed by atoms with van der Waals surface area (Å²) < 4.78 is 0. The number of aliphatic carboxylic acids is 1. The van der Waals surface area contributed by atoms with Gasteiger partial charge in [-0.15, -0.1) is 0 Å². The summed E-state index contributed by atoms with van der Waals surface area (Å²) in [7, 11) is 4.05. The second-order valence-corrected chi connectivity index (χ2v) is 22.7. The molecule has 0 aliphatic carbocycles. The highest BCUT2D eigenvalue weighted by Crippen LogP contribution is 2.25. The smallest absolute Gasteiger partial charge is 0.327 e. The maximum absolute atomic E-state index is 14.6. The summed E-state index contributed by atoms with van der Waals surface area (Å²) >= 11 is 0. The molecule has 0 aromatic heterocycles. The molecule has 19 N–H and O–H groups in total. The fourth-order valence-electron chi connectivity index (χ4n) is 7.38. The van der Waals surface area contributed by atoms with Crippen LogP contribution in [0.1, 0.15) is 76.7 Å². The topological polar surface area (TPSA) is 441 Å². The first-order valence-electron chi connectivity index (χ1n) is 24.3. The van der Waals surface area contributed by atoms with Gasteiger partial charge in [0.25, 0.3) is 0 Å². The molecule has 26 nitrogen and oxygen atoms in total. The average molecular weight is 1130 g/mol. The Bertz CT molecular complexity index is 2130. The zero-order chi connectivity index (χ0) is 55.5. The van der Waals surface area contributed by atoms with Crippen molar-refractivity contribution in [2.45, 2.75) is 132 Å². The first kappa shape index (κ1) is 63.8. The SMILES string of the molecule is CC(=O)N[C@H]1CSSC[C@@H](C(=O)N[C@@H](Cc2ccc(O)cc2)C(=O)N[C@H]2CSSC[C@@H](C(=O)O)NC(=O)[C@H](CCCCN)NC(=O)[C@H](CCCCN)NC2=O)NC(=O)[C@H](CCCCN)NC(=O)[C@H](CC(N)=O)NC1=O. The maximum atomic E-state index is 14.6. The Kier molecular flexibility index (Phi) is 29.1. The van der Waals surface area contributed by atoms with Gasteiger partial charge in [-0.25, -0.2) is 4.79 Å². The molecule has 30 heteroatoms. The number of primary amides is 1. The minimum atomic E-state index is -1.56. The molecule has 2 heterocycles. The van der Waals surface area contributed by atoms with Crippen molar-refractivity contribution in [1.29, 1.82) is 0 Å². The quantitative estimate of drug-likeness (QED) is 0.0395. The summed E-state index contributed by atoms with van der Waals surface area (Å²) in [5.41, 5.74) is 22.9. The molecule has 0 unspecified atom stereocenters. The molecule has 1 aromatic carbocycles. The van der Waals surface area contributed by atoms with E-state index in [4.69, 9.17) is 22.9 Å². The standard InChI is InChI=1S/C45H71N13O13S4/c1-24(59)50-32-20-72-73-22-34(56-38(63)28(9-3-6-16-47)52-41(66)31(19-36(49)61)55-42(32)67)44(69)54-30(18-25-11-13-26(60)14-12-25)40(65)57-33-21-74-75-23-35(45(70)71)58-39(64)29(10-4-7-17-48)51-37(62)27(53-43(33)68)8-2-5-15-46/h11-14,27-35,60H,2-10,15-23,46-48H2,1H3,(H2,49,61)(H,50,59)(H,51,62)(H,52,66)(H,53,68)(H,54,69)(H,55,67)(H,56,63)(H,57,65)(H,58,64)(H,70,71)/t27-,28-,29-,30-,31-,32-,33-,34-,35-/m0/s1. The molecule has 0 saturated carbocycles. The van der Waals surface area contributed by atoms with Crippen LogP contribution < -0.4 is 70.8 Å². The molecular weight excluding hydrogens is 1060 g/mol. The molecule has 2 fully saturated rings. The minimum Gasteiger partial charge on any atom is -0.508 e. The van der Waals surface area contributed by atoms with Gasteiger partial charge < -0.3 is 81.0 Å². The van der Waals surface area contributed by atoms with Crippen LogP contribution in [-0.4, -0.2) is 172 Å². The van der Waals surface area contributed by atoms with Gasteiger partial charge in [0.05, 0.1) is 6.42 Å². The molecule has 10 amide bonds. The fourth-order valence-corrected chi connectivity index (χ4v) is 12.0. The van der Waals surface area contributed by atoms with Gasteiger partial charge >= 0.3 is 5.97 Å². The molecule has 2 saturated heterocycles. The van der Waals surface area contributed by atoms with Crippen molar-refractivity contribution >= 4 is 108 Å². The molecule has 0 spiro atoms. The molecule has 418 valence electrons. The predicted molar refractivity (Wildman–Crippen MR) is 285 cm³/mol. The summed E-state index contributed by atoms with van der Waals surface area (Å²) in [6.45, 7) is 1.99. The molecule has 75 heavy (non-hydrogen) atoms. The molecule has 9 atom stereocenters. The third kappa shape index (κ3) is 23.5. The largest absolute Gasteiger partial charge is 0.508 e. The van der Waals surface area contributed by atoms with Crippen molar-refractivity contribution < 1.29 is 63.0 Å². The van der Waals surface area contributed by atoms with Crippen molar-refractivity contribution in [2.24, 2.45) is 22.9 Å². The van der Waals surface area contributed by atoms with Crippen LogP contribution >= 0.6 is 43.2 Å². The number of rotatable bonds is 22. The van der Waals surface area contributed by atoms with Crippen molar-refractivity contribution in [2.75, 3.05) is 42.6 Å². The number of benzene rings is 1. The summed E-state index contributed by atoms with van der Waals surface area (Å²) in [6.07, 6.45) is 1.80. The first-order chi connectivity index (χ1) is 35.8. The molecule has 0 radical (unpaired) electrons. The number of hydrogen-bond acceptors (Lipinski definition) is 19. The van der Waals surface area contributed by atoms with E-state index in [1.807, 2.05) is 0 Å². The Balaban J connectivity index is 2.05. The normalized spacial score (nSPS) is 24.2. The van der Waals surface area contributed by atoms with Crippen molar-refractivity contribution in [3.05, 3.63) is 29.8 Å². The van der Waals surface area contributed by atoms with E-state index >= 15 is 0 Å². The third-order valence-corrected chi connectivity index (χ3v) is 16.3. The summed E-state index contributed by atoms with van der Waals surface area (Å²) in [6, 6.07) is -6.66. The van der Waals surface area contributed by atoms with E-state index in [0.717, 1.165) is 43.2 Å². The summed E-state index contributed by atoms with van der Waals surface area (Å²) in [5, 5.41) is 43.4. The van der Waals surface area contributed by atoms with Gasteiger partial charge in [-0.3, -0.25) is 47.9 Å². The highest BCUT2D eigenvalue weighted by Gasteiger charge is 2.37. The van der Waals surface area contributed by atoms with E-state index < -0.39 is 126 Å². The predicted octanol–water partition coefficient (Wildman–Crippen LogP) is -3.55. The van der Waals surface area contributed by atoms with Crippen LogP contribution in [0.3, 0.4) is 0 Å². The van der Waals surface area contributed by atoms with E-state index in [1.54, 1.807) is 0 Å². The zero-order valence-corrected chi connectivity index (χ0v) is 44.8. The number of amides is 10. The first-order valence-corrected chi connectivity index (χ1v) is 29.3. The number of nitrogens with one attached hydrogen (secondary N) is 9. The van der Waals surface area contributed by atoms with Gasteiger partial charge in [0.15, 0.2) is 0 Å². The number of phenols is 1. The highest BCUT2D eigenvalue weighted by atomic mass is 33.1. The van der Waals surface area contributed by atoms with E-state index in [2.05, 4.69) is 47.9 Å². The second-order valence-electron chi connectivity index (χ2n) is 17.6. The van der Waals surface area contributed by atoms with Gasteiger partial charge in [0.1, 0.15) is 60.1 Å². The number of nitrogens with two attached hydrogens (primary N) is 4. The van der Waals surface area contributed by atoms with Gasteiger partial charge in [-0.1, -0.05) is 55.3 Å². The van der Waals surface area contributed by atoms with Crippen LogP contribution in [-0.2, 0) is 59.2 Å². The van der Waals surface area contributed by atoms with Crippen LogP contribution in [0.25, 0.3) is 0 Å². The molecular formula is C45H71N13O13S4. The van der Waals surface area contributed by atoms with Gasteiger partial charge in [-0.2, -0.15) is 0 Å². The van der Waals surface area contributed by atoms with Gasteiger partial charge in [0, 0.05) is 36.4 Å². The Labute approximate surface area is 450 Å². The van der Waals surface area contributed by atoms with Crippen molar-refractivity contribution in [1.82, 2.24) is 47.9 Å². The van der Waals surface area contributed by atoms with Gasteiger partial charge in [-0.05, 0) is 95.1 Å². The van der Waals surface area contributed by atoms with Crippen LogP contribution in [0, 0.1) is 0 Å². The van der Waals surface area contributed by atoms with E-state index in [-0.39, 0.29) is 67.5 Å². The molecule has 2 aliphatic rings. The van der Waals surface area contributed by atoms with Crippen LogP contribution in [0.15, 0.2) is 24.3 Å². The second kappa shape index (κ2) is 34.2.